The highest BCUT2D eigenvalue weighted by Crippen LogP contribution is 2.23. The van der Waals surface area contributed by atoms with E-state index in [9.17, 15) is 9.59 Å². The second-order valence-electron chi connectivity index (χ2n) is 8.63. The summed E-state index contributed by atoms with van der Waals surface area (Å²) in [5.41, 5.74) is 2.72. The number of carbonyl (C=O) groups is 1. The second-order valence-corrected chi connectivity index (χ2v) is 8.63. The van der Waals surface area contributed by atoms with Gasteiger partial charge >= 0.3 is 0 Å². The number of nitrogens with one attached hydrogen (secondary N) is 2. The lowest BCUT2D eigenvalue weighted by atomic mass is 9.94. The Morgan fingerprint density at radius 1 is 1.19 bits per heavy atom. The number of carbonyl (C=O) groups excluding carboxylic acids is 1. The summed E-state index contributed by atoms with van der Waals surface area (Å²) in [6.45, 7) is 5.58. The predicted molar refractivity (Wildman–Crippen MR) is 124 cm³/mol. The molecule has 6 heteroatoms. The van der Waals surface area contributed by atoms with Crippen LogP contribution in [-0.2, 0) is 6.54 Å². The van der Waals surface area contributed by atoms with E-state index in [1.54, 1.807) is 6.07 Å². The molecule has 0 radical (unpaired) electrons. The van der Waals surface area contributed by atoms with Crippen LogP contribution in [0.25, 0.3) is 0 Å². The Labute approximate surface area is 185 Å². The molecule has 6 nitrogen and oxygen atoms in total. The number of H-pyrrole nitrogens is 1. The summed E-state index contributed by atoms with van der Waals surface area (Å²) in [7, 11) is 2.22. The van der Waals surface area contributed by atoms with E-state index in [1.165, 1.54) is 37.7 Å². The minimum Gasteiger partial charge on any atom is -0.494 e. The van der Waals surface area contributed by atoms with Gasteiger partial charge in [0.1, 0.15) is 11.3 Å². The van der Waals surface area contributed by atoms with Crippen LogP contribution in [0.4, 0.5) is 0 Å². The van der Waals surface area contributed by atoms with Crippen LogP contribution in [-0.4, -0.2) is 42.0 Å². The molecule has 1 fully saturated rings. The van der Waals surface area contributed by atoms with Gasteiger partial charge < -0.3 is 15.0 Å². The zero-order chi connectivity index (χ0) is 22.2. The first kappa shape index (κ1) is 23.1. The molecular formula is C25H35N3O3. The number of benzene rings is 1. The Bertz CT molecular complexity index is 932. The minimum absolute atomic E-state index is 0.152. The molecule has 1 heterocycles. The Hall–Kier alpha value is -2.60. The van der Waals surface area contributed by atoms with Crippen LogP contribution >= 0.6 is 0 Å². The van der Waals surface area contributed by atoms with Gasteiger partial charge in [0.05, 0.1) is 6.61 Å². The second kappa shape index (κ2) is 11.1. The molecule has 168 valence electrons. The van der Waals surface area contributed by atoms with E-state index < -0.39 is 0 Å². The van der Waals surface area contributed by atoms with Crippen molar-refractivity contribution in [3.63, 3.8) is 0 Å². The molecule has 0 spiro atoms. The highest BCUT2D eigenvalue weighted by Gasteiger charge is 2.18. The molecule has 2 aromatic rings. The first-order valence-electron chi connectivity index (χ1n) is 11.3. The molecule has 1 amide bonds. The average Bonchev–Trinajstić information content (AvgIpc) is 2.76. The standard InChI is InChI=1S/C25H35N3O3/c1-18-15-23(25(30)27-19(18)2)24(29)26-13-8-14-31-22-12-7-9-20(16-22)17-28(3)21-10-5-4-6-11-21/h7,9,12,15-16,21H,4-6,8,10-11,13-14,17H2,1-3H3,(H,26,29)(H,27,30). The van der Waals surface area contributed by atoms with Gasteiger partial charge in [-0.05, 0) is 69.5 Å². The smallest absolute Gasteiger partial charge is 0.261 e. The Balaban J connectivity index is 1.41. The van der Waals surface area contributed by atoms with E-state index in [0.717, 1.165) is 23.6 Å². The van der Waals surface area contributed by atoms with Crippen molar-refractivity contribution < 1.29 is 9.53 Å². The van der Waals surface area contributed by atoms with Gasteiger partial charge in [-0.25, -0.2) is 0 Å². The Kier molecular flexibility index (Phi) is 8.29. The fourth-order valence-electron chi connectivity index (χ4n) is 4.13. The highest BCUT2D eigenvalue weighted by molar-refractivity contribution is 5.93. The molecule has 0 saturated heterocycles. The van der Waals surface area contributed by atoms with Gasteiger partial charge in [0.25, 0.3) is 11.5 Å². The molecule has 1 aromatic carbocycles. The molecule has 1 aliphatic rings. The van der Waals surface area contributed by atoms with Crippen molar-refractivity contribution >= 4 is 5.91 Å². The van der Waals surface area contributed by atoms with Crippen molar-refractivity contribution in [2.75, 3.05) is 20.2 Å². The fraction of sp³-hybridized carbons (Fsp3) is 0.520. The number of aromatic nitrogens is 1. The number of aromatic amines is 1. The number of amides is 1. The molecule has 0 unspecified atom stereocenters. The predicted octanol–water partition coefficient (Wildman–Crippen LogP) is 3.96. The molecule has 0 atom stereocenters. The van der Waals surface area contributed by atoms with Crippen molar-refractivity contribution in [3.8, 4) is 5.75 Å². The van der Waals surface area contributed by atoms with Crippen LogP contribution in [0.5, 0.6) is 5.75 Å². The summed E-state index contributed by atoms with van der Waals surface area (Å²) in [4.78, 5) is 29.4. The van der Waals surface area contributed by atoms with Crippen LogP contribution in [0.1, 0.15) is 65.7 Å². The molecule has 3 rings (SSSR count). The third-order valence-electron chi connectivity index (χ3n) is 6.15. The lowest BCUT2D eigenvalue weighted by molar-refractivity contribution is 0.0950. The number of pyridine rings is 1. The van der Waals surface area contributed by atoms with Crippen LogP contribution < -0.4 is 15.6 Å². The largest absolute Gasteiger partial charge is 0.494 e. The third-order valence-corrected chi connectivity index (χ3v) is 6.15. The number of ether oxygens (including phenoxy) is 1. The van der Waals surface area contributed by atoms with E-state index in [2.05, 4.69) is 34.4 Å². The van der Waals surface area contributed by atoms with Crippen molar-refractivity contribution in [1.29, 1.82) is 0 Å². The molecule has 1 saturated carbocycles. The third kappa shape index (κ3) is 6.69. The average molecular weight is 426 g/mol. The zero-order valence-electron chi connectivity index (χ0n) is 19.0. The molecule has 1 aliphatic carbocycles. The molecular weight excluding hydrogens is 390 g/mol. The Morgan fingerprint density at radius 2 is 1.97 bits per heavy atom. The summed E-state index contributed by atoms with van der Waals surface area (Å²) >= 11 is 0. The topological polar surface area (TPSA) is 74.4 Å². The first-order valence-corrected chi connectivity index (χ1v) is 11.3. The van der Waals surface area contributed by atoms with E-state index in [4.69, 9.17) is 4.74 Å². The maximum absolute atomic E-state index is 12.3. The van der Waals surface area contributed by atoms with Gasteiger partial charge in [0.15, 0.2) is 0 Å². The number of rotatable bonds is 9. The SMILES string of the molecule is Cc1cc(C(=O)NCCCOc2cccc(CN(C)C3CCCCC3)c2)c(=O)[nH]c1C. The van der Waals surface area contributed by atoms with E-state index in [-0.39, 0.29) is 17.0 Å². The van der Waals surface area contributed by atoms with Gasteiger partial charge in [-0.2, -0.15) is 0 Å². The fourth-order valence-corrected chi connectivity index (χ4v) is 4.13. The van der Waals surface area contributed by atoms with Crippen LogP contribution in [0.2, 0.25) is 0 Å². The van der Waals surface area contributed by atoms with Crippen molar-refractivity contribution in [2.45, 2.75) is 65.0 Å². The van der Waals surface area contributed by atoms with Crippen LogP contribution in [0.15, 0.2) is 35.1 Å². The molecule has 1 aromatic heterocycles. The lowest BCUT2D eigenvalue weighted by Crippen LogP contribution is -2.32. The van der Waals surface area contributed by atoms with Crippen molar-refractivity contribution in [2.24, 2.45) is 0 Å². The summed E-state index contributed by atoms with van der Waals surface area (Å²) in [6, 6.07) is 10.6. The maximum atomic E-state index is 12.3. The van der Waals surface area contributed by atoms with Gasteiger partial charge in [-0.3, -0.25) is 14.5 Å². The van der Waals surface area contributed by atoms with E-state index >= 15 is 0 Å². The van der Waals surface area contributed by atoms with Crippen molar-refractivity contribution in [3.05, 3.63) is 63.1 Å². The molecule has 0 aliphatic heterocycles. The minimum atomic E-state index is -0.355. The van der Waals surface area contributed by atoms with E-state index in [0.29, 0.717) is 25.6 Å². The summed E-state index contributed by atoms with van der Waals surface area (Å²) in [5, 5.41) is 2.80. The van der Waals surface area contributed by atoms with Crippen LogP contribution in [0, 0.1) is 13.8 Å². The summed E-state index contributed by atoms with van der Waals surface area (Å²) < 4.78 is 5.88. The normalized spacial score (nSPS) is 14.6. The van der Waals surface area contributed by atoms with Gasteiger partial charge in [0.2, 0.25) is 0 Å². The maximum Gasteiger partial charge on any atom is 0.261 e. The molecule has 2 N–H and O–H groups in total. The van der Waals surface area contributed by atoms with Gasteiger partial charge in [-0.15, -0.1) is 0 Å². The van der Waals surface area contributed by atoms with Gasteiger partial charge in [0, 0.05) is 24.8 Å². The number of nitrogens with zero attached hydrogens (tertiary/aromatic N) is 1. The van der Waals surface area contributed by atoms with Crippen LogP contribution in [0.3, 0.4) is 0 Å². The highest BCUT2D eigenvalue weighted by atomic mass is 16.5. The molecule has 0 bridgehead atoms. The number of hydrogen-bond acceptors (Lipinski definition) is 4. The van der Waals surface area contributed by atoms with E-state index in [1.807, 2.05) is 26.0 Å². The number of hydrogen-bond donors (Lipinski definition) is 2. The first-order chi connectivity index (χ1) is 14.9. The summed E-state index contributed by atoms with van der Waals surface area (Å²) in [6.07, 6.45) is 7.31. The Morgan fingerprint density at radius 3 is 2.74 bits per heavy atom. The zero-order valence-corrected chi connectivity index (χ0v) is 19.0. The van der Waals surface area contributed by atoms with Gasteiger partial charge in [-0.1, -0.05) is 31.4 Å². The monoisotopic (exact) mass is 425 g/mol. The molecule has 31 heavy (non-hydrogen) atoms. The summed E-state index contributed by atoms with van der Waals surface area (Å²) in [5.74, 6) is 0.503. The van der Waals surface area contributed by atoms with Crippen molar-refractivity contribution in [1.82, 2.24) is 15.2 Å². The quantitative estimate of drug-likeness (QED) is 0.597. The number of aryl methyl sites for hydroxylation is 2. The lowest BCUT2D eigenvalue weighted by Gasteiger charge is -2.31.